The standard InChI is InChI=1S/C15H11F3N6O2/c1-9-3-2-4-12(19-9)20-14(25)13-21-23-24(22-13)10-5-7-11(8-6-10)26-15(16,17)18/h2-8H,1H3,(H,19,20,25). The lowest BCUT2D eigenvalue weighted by molar-refractivity contribution is -0.274. The Bertz CT molecular complexity index is 924. The van der Waals surface area contributed by atoms with Gasteiger partial charge in [-0.3, -0.25) is 4.79 Å². The molecule has 0 aliphatic heterocycles. The summed E-state index contributed by atoms with van der Waals surface area (Å²) >= 11 is 0. The van der Waals surface area contributed by atoms with Gasteiger partial charge in [-0.1, -0.05) is 6.07 Å². The van der Waals surface area contributed by atoms with Crippen molar-refractivity contribution in [3.8, 4) is 11.4 Å². The van der Waals surface area contributed by atoms with Gasteiger partial charge in [0.05, 0.1) is 5.69 Å². The minimum absolute atomic E-state index is 0.219. The van der Waals surface area contributed by atoms with Gasteiger partial charge in [-0.05, 0) is 48.5 Å². The molecule has 0 bridgehead atoms. The monoisotopic (exact) mass is 364 g/mol. The number of nitrogens with zero attached hydrogens (tertiary/aromatic N) is 5. The van der Waals surface area contributed by atoms with Gasteiger partial charge in [-0.2, -0.15) is 0 Å². The Balaban J connectivity index is 1.72. The second-order valence-electron chi connectivity index (χ2n) is 5.06. The fraction of sp³-hybridized carbons (Fsp3) is 0.133. The number of nitrogens with one attached hydrogen (secondary N) is 1. The van der Waals surface area contributed by atoms with Crippen molar-refractivity contribution >= 4 is 11.7 Å². The first-order valence-corrected chi connectivity index (χ1v) is 7.21. The van der Waals surface area contributed by atoms with Crippen molar-refractivity contribution in [2.45, 2.75) is 13.3 Å². The van der Waals surface area contributed by atoms with E-state index in [0.29, 0.717) is 11.5 Å². The molecule has 11 heteroatoms. The quantitative estimate of drug-likeness (QED) is 0.764. The first-order valence-electron chi connectivity index (χ1n) is 7.21. The van der Waals surface area contributed by atoms with Crippen LogP contribution in [-0.2, 0) is 0 Å². The molecule has 0 saturated carbocycles. The summed E-state index contributed by atoms with van der Waals surface area (Å²) in [7, 11) is 0. The van der Waals surface area contributed by atoms with Crippen molar-refractivity contribution in [1.29, 1.82) is 0 Å². The van der Waals surface area contributed by atoms with Crippen LogP contribution in [-0.4, -0.2) is 37.5 Å². The maximum atomic E-state index is 12.1. The lowest BCUT2D eigenvalue weighted by atomic mass is 10.3. The number of anilines is 1. The van der Waals surface area contributed by atoms with Gasteiger partial charge in [0.2, 0.25) is 0 Å². The first kappa shape index (κ1) is 17.3. The molecule has 3 rings (SSSR count). The van der Waals surface area contributed by atoms with E-state index >= 15 is 0 Å². The van der Waals surface area contributed by atoms with E-state index in [-0.39, 0.29) is 11.6 Å². The lowest BCUT2D eigenvalue weighted by Gasteiger charge is -2.08. The van der Waals surface area contributed by atoms with E-state index in [1.807, 2.05) is 0 Å². The van der Waals surface area contributed by atoms with Crippen LogP contribution in [0.1, 0.15) is 16.3 Å². The van der Waals surface area contributed by atoms with Crippen LogP contribution in [0.3, 0.4) is 0 Å². The largest absolute Gasteiger partial charge is 0.573 e. The Kier molecular flexibility index (Phi) is 4.52. The minimum atomic E-state index is -4.78. The van der Waals surface area contributed by atoms with E-state index in [1.54, 1.807) is 25.1 Å². The molecule has 1 amide bonds. The summed E-state index contributed by atoms with van der Waals surface area (Å²) < 4.78 is 40.2. The number of amides is 1. The van der Waals surface area contributed by atoms with E-state index in [2.05, 4.69) is 30.4 Å². The zero-order valence-electron chi connectivity index (χ0n) is 13.2. The predicted octanol–water partition coefficient (Wildman–Crippen LogP) is 2.52. The number of pyridine rings is 1. The number of carbonyl (C=O) groups is 1. The lowest BCUT2D eigenvalue weighted by Crippen LogP contribution is -2.17. The summed E-state index contributed by atoms with van der Waals surface area (Å²) in [4.78, 5) is 17.2. The molecule has 0 spiro atoms. The maximum Gasteiger partial charge on any atom is 0.573 e. The summed E-state index contributed by atoms with van der Waals surface area (Å²) in [6, 6.07) is 9.90. The number of alkyl halides is 3. The molecule has 0 saturated heterocycles. The van der Waals surface area contributed by atoms with E-state index in [4.69, 9.17) is 0 Å². The molecule has 1 N–H and O–H groups in total. The Morgan fingerprint density at radius 2 is 1.88 bits per heavy atom. The third-order valence-electron chi connectivity index (χ3n) is 3.05. The van der Waals surface area contributed by atoms with Gasteiger partial charge in [-0.25, -0.2) is 4.98 Å². The summed E-state index contributed by atoms with van der Waals surface area (Å²) in [5.41, 5.74) is 1.03. The Morgan fingerprint density at radius 1 is 1.15 bits per heavy atom. The van der Waals surface area contributed by atoms with Gasteiger partial charge in [0.1, 0.15) is 11.6 Å². The molecule has 0 aliphatic rings. The summed E-state index contributed by atoms with van der Waals surface area (Å²) in [6.07, 6.45) is -4.78. The van der Waals surface area contributed by atoms with E-state index in [0.717, 1.165) is 22.6 Å². The van der Waals surface area contributed by atoms with Crippen molar-refractivity contribution in [2.75, 3.05) is 5.32 Å². The third-order valence-corrected chi connectivity index (χ3v) is 3.05. The van der Waals surface area contributed by atoms with E-state index in [1.165, 1.54) is 12.1 Å². The summed E-state index contributed by atoms with van der Waals surface area (Å²) in [5, 5.41) is 13.7. The van der Waals surface area contributed by atoms with Gasteiger partial charge in [0, 0.05) is 5.69 Å². The Labute approximate surface area is 144 Å². The van der Waals surface area contributed by atoms with Crippen LogP contribution in [0.5, 0.6) is 5.75 Å². The normalized spacial score (nSPS) is 11.2. The van der Waals surface area contributed by atoms with Crippen molar-refractivity contribution in [3.05, 3.63) is 54.0 Å². The average Bonchev–Trinajstić information content (AvgIpc) is 3.04. The number of tetrazole rings is 1. The predicted molar refractivity (Wildman–Crippen MR) is 82.8 cm³/mol. The molecule has 3 aromatic rings. The fourth-order valence-corrected chi connectivity index (χ4v) is 1.98. The van der Waals surface area contributed by atoms with Crippen LogP contribution in [0, 0.1) is 6.92 Å². The van der Waals surface area contributed by atoms with Gasteiger partial charge < -0.3 is 10.1 Å². The number of hydrogen-bond donors (Lipinski definition) is 1. The molecule has 1 aromatic carbocycles. The summed E-state index contributed by atoms with van der Waals surface area (Å²) in [6.45, 7) is 1.77. The van der Waals surface area contributed by atoms with Gasteiger partial charge in [0.25, 0.3) is 11.7 Å². The number of halogens is 3. The van der Waals surface area contributed by atoms with Crippen LogP contribution < -0.4 is 10.1 Å². The molecule has 134 valence electrons. The average molecular weight is 364 g/mol. The van der Waals surface area contributed by atoms with Gasteiger partial charge >= 0.3 is 6.36 Å². The summed E-state index contributed by atoms with van der Waals surface area (Å²) in [5.74, 6) is -0.889. The van der Waals surface area contributed by atoms with Crippen molar-refractivity contribution in [1.82, 2.24) is 25.2 Å². The topological polar surface area (TPSA) is 94.8 Å². The molecule has 8 nitrogen and oxygen atoms in total. The highest BCUT2D eigenvalue weighted by Crippen LogP contribution is 2.23. The zero-order valence-corrected chi connectivity index (χ0v) is 13.2. The molecular formula is C15H11F3N6O2. The van der Waals surface area contributed by atoms with E-state index in [9.17, 15) is 18.0 Å². The Morgan fingerprint density at radius 3 is 2.54 bits per heavy atom. The number of aromatic nitrogens is 5. The van der Waals surface area contributed by atoms with Crippen molar-refractivity contribution < 1.29 is 22.7 Å². The van der Waals surface area contributed by atoms with E-state index < -0.39 is 12.3 Å². The van der Waals surface area contributed by atoms with Crippen LogP contribution >= 0.6 is 0 Å². The second-order valence-corrected chi connectivity index (χ2v) is 5.06. The van der Waals surface area contributed by atoms with Crippen LogP contribution in [0.15, 0.2) is 42.5 Å². The molecule has 0 unspecified atom stereocenters. The van der Waals surface area contributed by atoms with Crippen molar-refractivity contribution in [3.63, 3.8) is 0 Å². The molecule has 0 atom stereocenters. The number of carbonyl (C=O) groups excluding carboxylic acids is 1. The van der Waals surface area contributed by atoms with Crippen LogP contribution in [0.4, 0.5) is 19.0 Å². The molecule has 2 heterocycles. The smallest absolute Gasteiger partial charge is 0.406 e. The Hall–Kier alpha value is -3.50. The number of aryl methyl sites for hydroxylation is 1. The molecule has 0 fully saturated rings. The SMILES string of the molecule is Cc1cccc(NC(=O)c2nnn(-c3ccc(OC(F)(F)F)cc3)n2)n1. The second kappa shape index (κ2) is 6.78. The number of ether oxygens (including phenoxy) is 1. The molecule has 0 aliphatic carbocycles. The zero-order chi connectivity index (χ0) is 18.7. The first-order chi connectivity index (χ1) is 12.3. The highest BCUT2D eigenvalue weighted by Gasteiger charge is 2.31. The number of benzene rings is 1. The number of hydrogen-bond acceptors (Lipinski definition) is 6. The molecule has 0 radical (unpaired) electrons. The van der Waals surface area contributed by atoms with Gasteiger partial charge in [0.15, 0.2) is 0 Å². The molecular weight excluding hydrogens is 353 g/mol. The highest BCUT2D eigenvalue weighted by molar-refractivity contribution is 6.00. The van der Waals surface area contributed by atoms with Crippen LogP contribution in [0.25, 0.3) is 5.69 Å². The molecule has 26 heavy (non-hydrogen) atoms. The minimum Gasteiger partial charge on any atom is -0.406 e. The van der Waals surface area contributed by atoms with Crippen molar-refractivity contribution in [2.24, 2.45) is 0 Å². The highest BCUT2D eigenvalue weighted by atomic mass is 19.4. The maximum absolute atomic E-state index is 12.1. The van der Waals surface area contributed by atoms with Crippen LogP contribution in [0.2, 0.25) is 0 Å². The van der Waals surface area contributed by atoms with Gasteiger partial charge in [-0.15, -0.1) is 28.2 Å². The molecule has 2 aromatic heterocycles. The third kappa shape index (κ3) is 4.32. The number of rotatable bonds is 4. The fourth-order valence-electron chi connectivity index (χ4n) is 1.98.